The van der Waals surface area contributed by atoms with Crippen molar-refractivity contribution >= 4 is 28.8 Å². The van der Waals surface area contributed by atoms with E-state index >= 15 is 0 Å². The molecule has 9 nitrogen and oxygen atoms in total. The Labute approximate surface area is 206 Å². The van der Waals surface area contributed by atoms with Crippen LogP contribution in [0.1, 0.15) is 50.5 Å². The van der Waals surface area contributed by atoms with E-state index in [4.69, 9.17) is 4.42 Å². The molecule has 1 saturated carbocycles. The first-order valence-corrected chi connectivity index (χ1v) is 12.5. The monoisotopic (exact) mass is 490 g/mol. The molecule has 5 rings (SSSR count). The second kappa shape index (κ2) is 10.2. The smallest absolute Gasteiger partial charge is 0.254 e. The summed E-state index contributed by atoms with van der Waals surface area (Å²) < 4.78 is 5.67. The molecule has 3 aromatic heterocycles. The number of nitrogens with zero attached hydrogens (tertiary/aromatic N) is 5. The number of nitrogens with one attached hydrogen (secondary N) is 1. The van der Waals surface area contributed by atoms with Crippen LogP contribution in [0, 0.1) is 0 Å². The number of hydrogen-bond acceptors (Lipinski definition) is 7. The van der Waals surface area contributed by atoms with Crippen LogP contribution in [0.3, 0.4) is 0 Å². The van der Waals surface area contributed by atoms with Gasteiger partial charge in [-0.1, -0.05) is 37.1 Å². The molecule has 180 valence electrons. The fourth-order valence-electron chi connectivity index (χ4n) is 4.36. The van der Waals surface area contributed by atoms with Crippen molar-refractivity contribution in [3.8, 4) is 10.7 Å². The number of amides is 2. The fourth-order valence-corrected chi connectivity index (χ4v) is 5.00. The average molecular weight is 491 g/mol. The summed E-state index contributed by atoms with van der Waals surface area (Å²) >= 11 is 1.50. The van der Waals surface area contributed by atoms with Crippen molar-refractivity contribution < 1.29 is 14.0 Å². The van der Waals surface area contributed by atoms with Crippen LogP contribution in [0.2, 0.25) is 0 Å². The minimum Gasteiger partial charge on any atom is -0.467 e. The minimum absolute atomic E-state index is 0.0930. The standard InChI is InChI=1S/C25H26N6O3S/c1-17(31-28-23(27-29-31)21-14-8-16-35-21)25(33)30(19-11-3-2-4-12-19)22(20-13-7-15-34-20)24(32)26-18-9-5-6-10-18/h2-4,7-8,11-18,22H,5-6,9-10H2,1H3,(H,26,32). The lowest BCUT2D eigenvalue weighted by atomic mass is 10.1. The number of para-hydroxylation sites is 1. The summed E-state index contributed by atoms with van der Waals surface area (Å²) in [4.78, 5) is 31.2. The molecule has 2 unspecified atom stereocenters. The Morgan fingerprint density at radius 3 is 2.60 bits per heavy atom. The first kappa shape index (κ1) is 23.0. The van der Waals surface area contributed by atoms with Gasteiger partial charge in [-0.15, -0.1) is 21.5 Å². The van der Waals surface area contributed by atoms with Crippen molar-refractivity contribution in [2.75, 3.05) is 4.90 Å². The predicted molar refractivity (Wildman–Crippen MR) is 132 cm³/mol. The third-order valence-electron chi connectivity index (χ3n) is 6.17. The zero-order valence-corrected chi connectivity index (χ0v) is 20.1. The van der Waals surface area contributed by atoms with Gasteiger partial charge in [0, 0.05) is 11.7 Å². The molecule has 2 amide bonds. The van der Waals surface area contributed by atoms with Crippen LogP contribution in [0.5, 0.6) is 0 Å². The van der Waals surface area contributed by atoms with Gasteiger partial charge in [0.1, 0.15) is 11.8 Å². The van der Waals surface area contributed by atoms with E-state index in [9.17, 15) is 9.59 Å². The molecule has 1 fully saturated rings. The maximum absolute atomic E-state index is 14.0. The summed E-state index contributed by atoms with van der Waals surface area (Å²) in [5.41, 5.74) is 0.575. The van der Waals surface area contributed by atoms with Gasteiger partial charge >= 0.3 is 0 Å². The van der Waals surface area contributed by atoms with E-state index < -0.39 is 12.1 Å². The molecule has 1 aromatic carbocycles. The number of hydrogen-bond donors (Lipinski definition) is 1. The molecule has 10 heteroatoms. The van der Waals surface area contributed by atoms with E-state index in [0.717, 1.165) is 30.6 Å². The van der Waals surface area contributed by atoms with Crippen LogP contribution in [-0.2, 0) is 9.59 Å². The molecular weight excluding hydrogens is 464 g/mol. The first-order chi connectivity index (χ1) is 17.1. The van der Waals surface area contributed by atoms with Crippen molar-refractivity contribution in [2.24, 2.45) is 0 Å². The molecule has 35 heavy (non-hydrogen) atoms. The minimum atomic E-state index is -0.983. The van der Waals surface area contributed by atoms with Crippen LogP contribution in [0.15, 0.2) is 70.7 Å². The van der Waals surface area contributed by atoms with Crippen LogP contribution < -0.4 is 10.2 Å². The van der Waals surface area contributed by atoms with Crippen molar-refractivity contribution in [1.82, 2.24) is 25.5 Å². The summed E-state index contributed by atoms with van der Waals surface area (Å²) in [5, 5.41) is 17.7. The lowest BCUT2D eigenvalue weighted by Crippen LogP contribution is -2.48. The molecule has 0 aliphatic heterocycles. The van der Waals surface area contributed by atoms with E-state index in [1.54, 1.807) is 31.2 Å². The van der Waals surface area contributed by atoms with Gasteiger partial charge in [0.15, 0.2) is 6.04 Å². The number of benzene rings is 1. The molecule has 4 aromatic rings. The Morgan fingerprint density at radius 2 is 1.91 bits per heavy atom. The lowest BCUT2D eigenvalue weighted by Gasteiger charge is -2.32. The van der Waals surface area contributed by atoms with Gasteiger partial charge in [-0.25, -0.2) is 0 Å². The zero-order chi connectivity index (χ0) is 24.2. The second-order valence-corrected chi connectivity index (χ2v) is 9.49. The number of thiophene rings is 1. The molecule has 0 spiro atoms. The molecule has 1 aliphatic carbocycles. The molecule has 0 radical (unpaired) electrons. The van der Waals surface area contributed by atoms with Crippen LogP contribution >= 0.6 is 11.3 Å². The molecule has 2 atom stereocenters. The summed E-state index contributed by atoms with van der Waals surface area (Å²) in [6.07, 6.45) is 5.54. The van der Waals surface area contributed by atoms with Gasteiger partial charge in [-0.05, 0) is 60.7 Å². The first-order valence-electron chi connectivity index (χ1n) is 11.7. The highest BCUT2D eigenvalue weighted by Gasteiger charge is 2.38. The Balaban J connectivity index is 1.50. The largest absolute Gasteiger partial charge is 0.467 e. The third kappa shape index (κ3) is 4.88. The maximum atomic E-state index is 14.0. The van der Waals surface area contributed by atoms with E-state index in [2.05, 4.69) is 20.7 Å². The van der Waals surface area contributed by atoms with Crippen LogP contribution in [-0.4, -0.2) is 38.1 Å². The fraction of sp³-hybridized carbons (Fsp3) is 0.320. The molecule has 0 bridgehead atoms. The number of rotatable bonds is 8. The number of carbonyl (C=O) groups is 2. The van der Waals surface area contributed by atoms with Gasteiger partial charge in [-0.2, -0.15) is 4.80 Å². The van der Waals surface area contributed by atoms with Gasteiger partial charge in [0.05, 0.1) is 11.1 Å². The second-order valence-electron chi connectivity index (χ2n) is 8.54. The van der Waals surface area contributed by atoms with Crippen molar-refractivity contribution in [3.63, 3.8) is 0 Å². The number of carbonyl (C=O) groups excluding carboxylic acids is 2. The Bertz CT molecular complexity index is 1250. The molecule has 1 N–H and O–H groups in total. The number of furan rings is 1. The number of aromatic nitrogens is 4. The van der Waals surface area contributed by atoms with Crippen molar-refractivity contribution in [2.45, 2.75) is 50.7 Å². The van der Waals surface area contributed by atoms with Gasteiger partial charge < -0.3 is 9.73 Å². The lowest BCUT2D eigenvalue weighted by molar-refractivity contribution is -0.128. The van der Waals surface area contributed by atoms with E-state index in [1.807, 2.05) is 35.7 Å². The predicted octanol–water partition coefficient (Wildman–Crippen LogP) is 4.39. The van der Waals surface area contributed by atoms with E-state index in [-0.39, 0.29) is 17.9 Å². The zero-order valence-electron chi connectivity index (χ0n) is 19.3. The Kier molecular flexibility index (Phi) is 6.71. The molecule has 1 aliphatic rings. The average Bonchev–Trinajstić information content (AvgIpc) is 3.70. The normalized spacial score (nSPS) is 15.6. The molecule has 3 heterocycles. The third-order valence-corrected chi connectivity index (χ3v) is 7.03. The van der Waals surface area contributed by atoms with Crippen molar-refractivity contribution in [1.29, 1.82) is 0 Å². The molecule has 0 saturated heterocycles. The van der Waals surface area contributed by atoms with Crippen LogP contribution in [0.25, 0.3) is 10.7 Å². The Hall–Kier alpha value is -3.79. The topological polar surface area (TPSA) is 106 Å². The summed E-state index contributed by atoms with van der Waals surface area (Å²) in [5.74, 6) is 0.208. The highest BCUT2D eigenvalue weighted by atomic mass is 32.1. The van der Waals surface area contributed by atoms with Crippen LogP contribution in [0.4, 0.5) is 5.69 Å². The highest BCUT2D eigenvalue weighted by Crippen LogP contribution is 2.31. The summed E-state index contributed by atoms with van der Waals surface area (Å²) in [7, 11) is 0. The van der Waals surface area contributed by atoms with Gasteiger partial charge in [0.2, 0.25) is 5.82 Å². The maximum Gasteiger partial charge on any atom is 0.254 e. The SMILES string of the molecule is CC(C(=O)N(c1ccccc1)C(C(=O)NC1CCCC1)c1ccco1)n1nnc(-c2cccs2)n1. The van der Waals surface area contributed by atoms with Crippen molar-refractivity contribution in [3.05, 3.63) is 72.0 Å². The Morgan fingerprint density at radius 1 is 1.11 bits per heavy atom. The quantitative estimate of drug-likeness (QED) is 0.393. The highest BCUT2D eigenvalue weighted by molar-refractivity contribution is 7.13. The van der Waals surface area contributed by atoms with E-state index in [0.29, 0.717) is 17.3 Å². The van der Waals surface area contributed by atoms with Gasteiger partial charge in [0.25, 0.3) is 11.8 Å². The summed E-state index contributed by atoms with van der Waals surface area (Å²) in [6.45, 7) is 1.70. The molecular formula is C25H26N6O3S. The summed E-state index contributed by atoms with van der Waals surface area (Å²) in [6, 6.07) is 14.7. The van der Waals surface area contributed by atoms with Gasteiger partial charge in [-0.3, -0.25) is 14.5 Å². The number of tetrazole rings is 1. The van der Waals surface area contributed by atoms with E-state index in [1.165, 1.54) is 27.3 Å². The number of anilines is 1.